The van der Waals surface area contributed by atoms with Gasteiger partial charge in [0.2, 0.25) is 5.75 Å². The van der Waals surface area contributed by atoms with Gasteiger partial charge in [0.05, 0.1) is 14.2 Å². The van der Waals surface area contributed by atoms with Gasteiger partial charge in [0.15, 0.2) is 11.5 Å². The highest BCUT2D eigenvalue weighted by Gasteiger charge is 2.10. The molecule has 0 aliphatic rings. The summed E-state index contributed by atoms with van der Waals surface area (Å²) in [4.78, 5) is 12.1. The molecule has 0 aliphatic carbocycles. The predicted molar refractivity (Wildman–Crippen MR) is 150 cm³/mol. The topological polar surface area (TPSA) is 65.0 Å². The molecular weight excluding hydrogens is 452 g/mol. The lowest BCUT2D eigenvalue weighted by atomic mass is 9.91. The van der Waals surface area contributed by atoms with Gasteiger partial charge in [-0.15, -0.1) is 0 Å². The zero-order valence-corrected chi connectivity index (χ0v) is 23.8. The van der Waals surface area contributed by atoms with E-state index in [-0.39, 0.29) is 23.9 Å². The minimum absolute atomic E-state index is 0.0724. The van der Waals surface area contributed by atoms with Crippen molar-refractivity contribution >= 4 is 12.0 Å². The van der Waals surface area contributed by atoms with Gasteiger partial charge in [-0.05, 0) is 67.4 Å². The van der Waals surface area contributed by atoms with Crippen LogP contribution in [0.5, 0.6) is 17.2 Å². The van der Waals surface area contributed by atoms with E-state index in [0.29, 0.717) is 5.56 Å². The molecule has 0 fully saturated rings. The minimum Gasteiger partial charge on any atom is -0.502 e. The predicted octanol–water partition coefficient (Wildman–Crippen LogP) is 8.35. The fourth-order valence-electron chi connectivity index (χ4n) is 4.30. The van der Waals surface area contributed by atoms with Crippen LogP contribution in [0.25, 0.3) is 6.08 Å². The van der Waals surface area contributed by atoms with Crippen molar-refractivity contribution in [3.8, 4) is 17.2 Å². The highest BCUT2D eigenvalue weighted by Crippen LogP contribution is 2.37. The Bertz CT molecular complexity index is 799. The first-order chi connectivity index (χ1) is 17.2. The standard InChI is InChI=1S/C31H50O5/c1-23(2)11-8-12-24(3)13-9-14-25(4)15-10-16-26(5)19-20-36-30(32)18-17-27-21-28(34-6)31(33)29(22-27)35-7/h17-19,21-25,33H,8-16,20H2,1-7H3/b18-17+,26-19+/t24-,25-/m1/s1. The van der Waals surface area contributed by atoms with Crippen LogP contribution in [-0.2, 0) is 9.53 Å². The molecule has 0 unspecified atom stereocenters. The molecule has 1 N–H and O–H groups in total. The number of ether oxygens (including phenoxy) is 3. The number of benzene rings is 1. The Hall–Kier alpha value is -2.43. The number of allylic oxidation sites excluding steroid dienone is 1. The Morgan fingerprint density at radius 3 is 1.94 bits per heavy atom. The molecule has 0 saturated heterocycles. The van der Waals surface area contributed by atoms with Crippen molar-refractivity contribution in [2.75, 3.05) is 20.8 Å². The first-order valence-electron chi connectivity index (χ1n) is 13.6. The van der Waals surface area contributed by atoms with Gasteiger partial charge in [-0.3, -0.25) is 0 Å². The summed E-state index contributed by atoms with van der Waals surface area (Å²) < 4.78 is 15.6. The molecule has 1 aromatic carbocycles. The van der Waals surface area contributed by atoms with Crippen LogP contribution in [0, 0.1) is 17.8 Å². The number of phenols is 1. The molecule has 204 valence electrons. The number of hydrogen-bond donors (Lipinski definition) is 1. The van der Waals surface area contributed by atoms with Crippen molar-refractivity contribution < 1.29 is 24.1 Å². The molecule has 0 saturated carbocycles. The fourth-order valence-corrected chi connectivity index (χ4v) is 4.30. The van der Waals surface area contributed by atoms with Gasteiger partial charge in [0.25, 0.3) is 0 Å². The Morgan fingerprint density at radius 1 is 0.889 bits per heavy atom. The van der Waals surface area contributed by atoms with E-state index in [1.165, 1.54) is 77.2 Å². The second-order valence-corrected chi connectivity index (χ2v) is 10.6. The van der Waals surface area contributed by atoms with Gasteiger partial charge in [0, 0.05) is 6.08 Å². The SMILES string of the molecule is COc1cc(/C=C/C(=O)OC/C=C(\C)CCC[C@H](C)CCC[C@H](C)CCCC(C)C)cc(OC)c1O. The zero-order chi connectivity index (χ0) is 26.9. The third-order valence-corrected chi connectivity index (χ3v) is 6.71. The largest absolute Gasteiger partial charge is 0.502 e. The summed E-state index contributed by atoms with van der Waals surface area (Å²) in [6.07, 6.45) is 16.5. The molecule has 5 heteroatoms. The number of carbonyl (C=O) groups is 1. The van der Waals surface area contributed by atoms with Crippen molar-refractivity contribution in [1.82, 2.24) is 0 Å². The van der Waals surface area contributed by atoms with Gasteiger partial charge in [-0.2, -0.15) is 0 Å². The van der Waals surface area contributed by atoms with E-state index in [0.717, 1.165) is 24.2 Å². The van der Waals surface area contributed by atoms with Crippen LogP contribution >= 0.6 is 0 Å². The number of aromatic hydroxyl groups is 1. The summed E-state index contributed by atoms with van der Waals surface area (Å²) in [5, 5.41) is 9.98. The van der Waals surface area contributed by atoms with Crippen LogP contribution in [0.1, 0.15) is 98.0 Å². The van der Waals surface area contributed by atoms with E-state index in [1.54, 1.807) is 18.2 Å². The van der Waals surface area contributed by atoms with Crippen LogP contribution in [0.15, 0.2) is 29.9 Å². The zero-order valence-electron chi connectivity index (χ0n) is 23.8. The smallest absolute Gasteiger partial charge is 0.331 e. The van der Waals surface area contributed by atoms with E-state index >= 15 is 0 Å². The third kappa shape index (κ3) is 13.6. The lowest BCUT2D eigenvalue weighted by Gasteiger charge is -2.15. The number of esters is 1. The second-order valence-electron chi connectivity index (χ2n) is 10.6. The molecule has 36 heavy (non-hydrogen) atoms. The van der Waals surface area contributed by atoms with Crippen LogP contribution in [-0.4, -0.2) is 31.9 Å². The first kappa shape index (κ1) is 31.6. The molecule has 0 amide bonds. The van der Waals surface area contributed by atoms with Gasteiger partial charge >= 0.3 is 5.97 Å². The molecule has 0 aliphatic heterocycles. The number of phenolic OH excluding ortho intramolecular Hbond substituents is 1. The molecular formula is C31H50O5. The number of methoxy groups -OCH3 is 2. The molecule has 0 radical (unpaired) electrons. The molecule has 1 aromatic rings. The van der Waals surface area contributed by atoms with Crippen molar-refractivity contribution in [3.63, 3.8) is 0 Å². The van der Waals surface area contributed by atoms with E-state index in [4.69, 9.17) is 14.2 Å². The van der Waals surface area contributed by atoms with E-state index in [2.05, 4.69) is 34.6 Å². The average Bonchev–Trinajstić information content (AvgIpc) is 2.83. The van der Waals surface area contributed by atoms with E-state index in [9.17, 15) is 9.90 Å². The number of carbonyl (C=O) groups excluding carboxylic acids is 1. The van der Waals surface area contributed by atoms with Crippen molar-refractivity contribution in [2.24, 2.45) is 17.8 Å². The summed E-state index contributed by atoms with van der Waals surface area (Å²) >= 11 is 0. The fraction of sp³-hybridized carbons (Fsp3) is 0.645. The van der Waals surface area contributed by atoms with Crippen LogP contribution in [0.4, 0.5) is 0 Å². The van der Waals surface area contributed by atoms with Gasteiger partial charge in [-0.25, -0.2) is 4.79 Å². The highest BCUT2D eigenvalue weighted by atomic mass is 16.5. The number of rotatable bonds is 18. The molecule has 2 atom stereocenters. The Morgan fingerprint density at radius 2 is 1.42 bits per heavy atom. The average molecular weight is 503 g/mol. The summed E-state index contributed by atoms with van der Waals surface area (Å²) in [5.41, 5.74) is 1.92. The molecule has 0 spiro atoms. The maximum absolute atomic E-state index is 12.1. The van der Waals surface area contributed by atoms with E-state index in [1.807, 2.05) is 6.08 Å². The maximum Gasteiger partial charge on any atom is 0.331 e. The van der Waals surface area contributed by atoms with Crippen molar-refractivity contribution in [3.05, 3.63) is 35.4 Å². The quantitative estimate of drug-likeness (QED) is 0.124. The Labute approximate surface area is 219 Å². The van der Waals surface area contributed by atoms with Gasteiger partial charge in [-0.1, -0.05) is 78.2 Å². The highest BCUT2D eigenvalue weighted by molar-refractivity contribution is 5.87. The summed E-state index contributed by atoms with van der Waals surface area (Å²) in [5.74, 6) is 2.51. The summed E-state index contributed by atoms with van der Waals surface area (Å²) in [6, 6.07) is 3.25. The molecule has 0 heterocycles. The molecule has 0 aromatic heterocycles. The molecule has 1 rings (SSSR count). The Kier molecular flexibility index (Phi) is 15.7. The molecule has 5 nitrogen and oxygen atoms in total. The lowest BCUT2D eigenvalue weighted by molar-refractivity contribution is -0.136. The second kappa shape index (κ2) is 17.9. The lowest BCUT2D eigenvalue weighted by Crippen LogP contribution is -2.01. The summed E-state index contributed by atoms with van der Waals surface area (Å²) in [6.45, 7) is 11.8. The van der Waals surface area contributed by atoms with Gasteiger partial charge in [0.1, 0.15) is 6.61 Å². The monoisotopic (exact) mass is 502 g/mol. The maximum atomic E-state index is 12.1. The first-order valence-corrected chi connectivity index (χ1v) is 13.6. The molecule has 0 bridgehead atoms. The van der Waals surface area contributed by atoms with Crippen LogP contribution in [0.2, 0.25) is 0 Å². The number of hydrogen-bond acceptors (Lipinski definition) is 5. The normalized spacial score (nSPS) is 13.7. The van der Waals surface area contributed by atoms with Crippen LogP contribution in [0.3, 0.4) is 0 Å². The van der Waals surface area contributed by atoms with Crippen molar-refractivity contribution in [1.29, 1.82) is 0 Å². The summed E-state index contributed by atoms with van der Waals surface area (Å²) in [7, 11) is 2.92. The minimum atomic E-state index is -0.419. The Balaban J connectivity index is 2.27. The third-order valence-electron chi connectivity index (χ3n) is 6.71. The van der Waals surface area contributed by atoms with Crippen LogP contribution < -0.4 is 9.47 Å². The van der Waals surface area contributed by atoms with E-state index < -0.39 is 5.97 Å². The van der Waals surface area contributed by atoms with Crippen molar-refractivity contribution in [2.45, 2.75) is 92.4 Å². The van der Waals surface area contributed by atoms with Gasteiger partial charge < -0.3 is 19.3 Å².